The summed E-state index contributed by atoms with van der Waals surface area (Å²) in [5.74, 6) is -2.36. The monoisotopic (exact) mass is 471 g/mol. The van der Waals surface area contributed by atoms with Crippen LogP contribution in [0.5, 0.6) is 0 Å². The van der Waals surface area contributed by atoms with Crippen LogP contribution in [0.4, 0.5) is 42.0 Å². The Labute approximate surface area is 198 Å². The van der Waals surface area contributed by atoms with Crippen molar-refractivity contribution in [2.24, 2.45) is 0 Å². The highest BCUT2D eigenvalue weighted by molar-refractivity contribution is 6.35. The first-order valence-electron chi connectivity index (χ1n) is 10.7. The van der Waals surface area contributed by atoms with Gasteiger partial charge in [-0.05, 0) is 60.7 Å². The van der Waals surface area contributed by atoms with Crippen LogP contribution in [0.15, 0.2) is 79.0 Å². The van der Waals surface area contributed by atoms with Crippen LogP contribution < -0.4 is 21.3 Å². The molecule has 0 atom stereocenters. The van der Waals surface area contributed by atoms with E-state index in [0.717, 1.165) is 23.0 Å². The van der Waals surface area contributed by atoms with Gasteiger partial charge in [0.05, 0.1) is 16.9 Å². The van der Waals surface area contributed by atoms with E-state index in [1.807, 2.05) is 30.3 Å². The zero-order chi connectivity index (χ0) is 24.4. The smallest absolute Gasteiger partial charge is 0.323 e. The molecule has 1 aromatic heterocycles. The first kappa shape index (κ1) is 21.9. The Kier molecular flexibility index (Phi) is 5.72. The van der Waals surface area contributed by atoms with Gasteiger partial charge in [-0.2, -0.15) is 0 Å². The molecule has 174 valence electrons. The summed E-state index contributed by atoms with van der Waals surface area (Å²) in [6, 6.07) is 19.0. The molecule has 0 unspecified atom stereocenters. The minimum Gasteiger partial charge on any atom is -0.362 e. The molecule has 4 aromatic rings. The van der Waals surface area contributed by atoms with Gasteiger partial charge in [-0.25, -0.2) is 13.6 Å². The Morgan fingerprint density at radius 1 is 0.857 bits per heavy atom. The molecule has 3 amide bonds. The summed E-state index contributed by atoms with van der Waals surface area (Å²) in [4.78, 5) is 27.7. The summed E-state index contributed by atoms with van der Waals surface area (Å²) >= 11 is 0. The molecule has 0 spiro atoms. The molecule has 9 heteroatoms. The van der Waals surface area contributed by atoms with Crippen molar-refractivity contribution in [1.82, 2.24) is 4.98 Å². The highest BCUT2D eigenvalue weighted by atomic mass is 19.2. The van der Waals surface area contributed by atoms with E-state index in [9.17, 15) is 18.4 Å². The number of carbonyl (C=O) groups is 2. The van der Waals surface area contributed by atoms with Crippen molar-refractivity contribution in [3.8, 4) is 0 Å². The van der Waals surface area contributed by atoms with Gasteiger partial charge >= 0.3 is 6.03 Å². The molecule has 35 heavy (non-hydrogen) atoms. The second-order valence-corrected chi connectivity index (χ2v) is 7.78. The number of nitrogens with one attached hydrogen (secondary N) is 5. The summed E-state index contributed by atoms with van der Waals surface area (Å²) in [6.45, 7) is 0. The molecule has 0 fully saturated rings. The SMILES string of the molecule is O=C(Nc1cccc(Nc2ccc3c(c2)NC(=O)/C3=C/c2ccc[nH]2)c1)Nc1cccc(F)c1F. The van der Waals surface area contributed by atoms with Gasteiger partial charge in [-0.15, -0.1) is 0 Å². The van der Waals surface area contributed by atoms with E-state index in [-0.39, 0.29) is 11.6 Å². The van der Waals surface area contributed by atoms with Gasteiger partial charge in [0.1, 0.15) is 0 Å². The topological polar surface area (TPSA) is 98.1 Å². The number of rotatable bonds is 5. The lowest BCUT2D eigenvalue weighted by Crippen LogP contribution is -2.20. The first-order valence-corrected chi connectivity index (χ1v) is 10.7. The number of carbonyl (C=O) groups excluding carboxylic acids is 2. The van der Waals surface area contributed by atoms with Gasteiger partial charge in [0.15, 0.2) is 11.6 Å². The summed E-state index contributed by atoms with van der Waals surface area (Å²) in [5.41, 5.74) is 4.46. The van der Waals surface area contributed by atoms with Crippen molar-refractivity contribution in [2.45, 2.75) is 0 Å². The maximum absolute atomic E-state index is 13.8. The van der Waals surface area contributed by atoms with Crippen LogP contribution in [0.2, 0.25) is 0 Å². The lowest BCUT2D eigenvalue weighted by Gasteiger charge is -2.12. The molecule has 5 rings (SSSR count). The van der Waals surface area contributed by atoms with E-state index in [1.165, 1.54) is 12.1 Å². The quantitative estimate of drug-likeness (QED) is 0.225. The Balaban J connectivity index is 1.29. The first-order chi connectivity index (χ1) is 17.0. The lowest BCUT2D eigenvalue weighted by atomic mass is 10.1. The molecule has 0 radical (unpaired) electrons. The molecule has 1 aliphatic heterocycles. The van der Waals surface area contributed by atoms with Gasteiger partial charge in [-0.1, -0.05) is 18.2 Å². The normalized spacial score (nSPS) is 13.3. The third-order valence-corrected chi connectivity index (χ3v) is 5.33. The molecule has 2 heterocycles. The molecule has 0 saturated heterocycles. The van der Waals surface area contributed by atoms with Crippen LogP contribution in [-0.2, 0) is 4.79 Å². The van der Waals surface area contributed by atoms with Gasteiger partial charge in [0.2, 0.25) is 0 Å². The third kappa shape index (κ3) is 4.74. The maximum atomic E-state index is 13.8. The molecule has 1 aliphatic rings. The summed E-state index contributed by atoms with van der Waals surface area (Å²) < 4.78 is 27.1. The number of fused-ring (bicyclic) bond motifs is 1. The number of hydrogen-bond donors (Lipinski definition) is 5. The van der Waals surface area contributed by atoms with E-state index in [1.54, 1.807) is 36.5 Å². The van der Waals surface area contributed by atoms with Crippen LogP contribution in [0, 0.1) is 11.6 Å². The molecule has 7 nitrogen and oxygen atoms in total. The second-order valence-electron chi connectivity index (χ2n) is 7.78. The van der Waals surface area contributed by atoms with Gasteiger partial charge in [0.25, 0.3) is 5.91 Å². The van der Waals surface area contributed by atoms with Crippen molar-refractivity contribution in [1.29, 1.82) is 0 Å². The number of aromatic amines is 1. The Hall–Kier alpha value is -4.92. The number of H-pyrrole nitrogens is 1. The van der Waals surface area contributed by atoms with Crippen LogP contribution in [-0.4, -0.2) is 16.9 Å². The predicted molar refractivity (Wildman–Crippen MR) is 132 cm³/mol. The molecule has 5 N–H and O–H groups in total. The van der Waals surface area contributed by atoms with Crippen molar-refractivity contribution in [2.75, 3.05) is 21.3 Å². The Morgan fingerprint density at radius 2 is 1.66 bits per heavy atom. The molecule has 3 aromatic carbocycles. The van der Waals surface area contributed by atoms with E-state index in [0.29, 0.717) is 22.6 Å². The second kappa shape index (κ2) is 9.14. The van der Waals surface area contributed by atoms with E-state index < -0.39 is 17.7 Å². The largest absolute Gasteiger partial charge is 0.362 e. The molecule has 0 aliphatic carbocycles. The zero-order valence-corrected chi connectivity index (χ0v) is 18.2. The molecular weight excluding hydrogens is 452 g/mol. The van der Waals surface area contributed by atoms with Crippen LogP contribution in [0.1, 0.15) is 11.3 Å². The number of anilines is 5. The van der Waals surface area contributed by atoms with Gasteiger partial charge in [0, 0.05) is 34.5 Å². The number of halogens is 2. The van der Waals surface area contributed by atoms with Gasteiger partial charge < -0.3 is 26.3 Å². The number of aromatic nitrogens is 1. The Bertz CT molecular complexity index is 1460. The van der Waals surface area contributed by atoms with Crippen LogP contribution in [0.3, 0.4) is 0 Å². The van der Waals surface area contributed by atoms with Crippen LogP contribution >= 0.6 is 0 Å². The lowest BCUT2D eigenvalue weighted by molar-refractivity contribution is -0.110. The van der Waals surface area contributed by atoms with Gasteiger partial charge in [-0.3, -0.25) is 4.79 Å². The summed E-state index contributed by atoms with van der Waals surface area (Å²) in [7, 11) is 0. The van der Waals surface area contributed by atoms with E-state index in [2.05, 4.69) is 26.3 Å². The average Bonchev–Trinajstić information content (AvgIpc) is 3.45. The average molecular weight is 471 g/mol. The fourth-order valence-corrected chi connectivity index (χ4v) is 3.73. The predicted octanol–water partition coefficient (Wildman–Crippen LogP) is 6.17. The van der Waals surface area contributed by atoms with E-state index in [4.69, 9.17) is 0 Å². The van der Waals surface area contributed by atoms with Crippen molar-refractivity contribution < 1.29 is 18.4 Å². The number of benzene rings is 3. The molecule has 0 bridgehead atoms. The zero-order valence-electron chi connectivity index (χ0n) is 18.2. The maximum Gasteiger partial charge on any atom is 0.323 e. The molecular formula is C26H19F2N5O2. The third-order valence-electron chi connectivity index (χ3n) is 5.33. The minimum absolute atomic E-state index is 0.182. The highest BCUT2D eigenvalue weighted by Gasteiger charge is 2.24. The minimum atomic E-state index is -1.13. The van der Waals surface area contributed by atoms with Crippen LogP contribution in [0.25, 0.3) is 11.6 Å². The van der Waals surface area contributed by atoms with Crippen molar-refractivity contribution in [3.05, 3.63) is 102 Å². The fourth-order valence-electron chi connectivity index (χ4n) is 3.73. The van der Waals surface area contributed by atoms with Crippen molar-refractivity contribution in [3.63, 3.8) is 0 Å². The summed E-state index contributed by atoms with van der Waals surface area (Å²) in [5, 5.41) is 11.0. The number of hydrogen-bond acceptors (Lipinski definition) is 3. The molecule has 0 saturated carbocycles. The highest BCUT2D eigenvalue weighted by Crippen LogP contribution is 2.35. The summed E-state index contributed by atoms with van der Waals surface area (Å²) in [6.07, 6.45) is 3.59. The number of amides is 3. The fraction of sp³-hybridized carbons (Fsp3) is 0. The Morgan fingerprint density at radius 3 is 2.49 bits per heavy atom. The standard InChI is InChI=1S/C26H19F2N5O2/c27-21-7-2-8-22(24(21)28)33-26(35)31-17-5-1-4-16(12-17)30-18-9-10-19-20(13-15-6-3-11-29-15)25(34)32-23(19)14-18/h1-14,29-30H,(H,32,34)(H2,31,33,35)/b20-13+. The van der Waals surface area contributed by atoms with E-state index >= 15 is 0 Å². The number of urea groups is 1. The van der Waals surface area contributed by atoms with Crippen molar-refractivity contribution >= 4 is 52.0 Å².